The number of ether oxygens (including phenoxy) is 1. The molecule has 1 aromatic carbocycles. The zero-order valence-corrected chi connectivity index (χ0v) is 12.3. The Morgan fingerprint density at radius 1 is 0.842 bits per heavy atom. The summed E-state index contributed by atoms with van der Waals surface area (Å²) >= 11 is 0. The van der Waals surface area contributed by atoms with Crippen LogP contribution in [0.4, 0.5) is 0 Å². The highest BCUT2D eigenvalue weighted by Crippen LogP contribution is 2.10. The Kier molecular flexibility index (Phi) is 10.1. The largest absolute Gasteiger partial charge is 0.385 e. The Balaban J connectivity index is 1.87. The van der Waals surface area contributed by atoms with E-state index < -0.39 is 0 Å². The molecule has 0 radical (unpaired) electrons. The zero-order valence-electron chi connectivity index (χ0n) is 12.3. The molecule has 0 bridgehead atoms. The van der Waals surface area contributed by atoms with E-state index in [-0.39, 0.29) is 0 Å². The highest BCUT2D eigenvalue weighted by Gasteiger charge is 1.91. The van der Waals surface area contributed by atoms with Crippen molar-refractivity contribution in [3.05, 3.63) is 42.0 Å². The van der Waals surface area contributed by atoms with Crippen molar-refractivity contribution in [2.75, 3.05) is 13.7 Å². The summed E-state index contributed by atoms with van der Waals surface area (Å²) in [6.07, 6.45) is 15.1. The van der Waals surface area contributed by atoms with Gasteiger partial charge in [0.05, 0.1) is 0 Å². The monoisotopic (exact) mass is 260 g/mol. The SMILES string of the molecule is COCCCCCCCCCC=Cc1ccccc1. The predicted molar refractivity (Wildman–Crippen MR) is 84.3 cm³/mol. The van der Waals surface area contributed by atoms with Gasteiger partial charge in [0.1, 0.15) is 0 Å². The number of methoxy groups -OCH3 is 1. The molecule has 0 amide bonds. The normalized spacial score (nSPS) is 11.2. The fourth-order valence-electron chi connectivity index (χ4n) is 2.18. The second-order valence-electron chi connectivity index (χ2n) is 5.07. The number of benzene rings is 1. The van der Waals surface area contributed by atoms with Gasteiger partial charge in [0.2, 0.25) is 0 Å². The number of rotatable bonds is 11. The van der Waals surface area contributed by atoms with Gasteiger partial charge in [-0.1, -0.05) is 74.6 Å². The molecule has 0 atom stereocenters. The zero-order chi connectivity index (χ0) is 13.6. The third-order valence-electron chi connectivity index (χ3n) is 3.33. The van der Waals surface area contributed by atoms with Crippen LogP contribution in [0.1, 0.15) is 56.9 Å². The van der Waals surface area contributed by atoms with Crippen LogP contribution in [-0.2, 0) is 4.74 Å². The van der Waals surface area contributed by atoms with Crippen molar-refractivity contribution < 1.29 is 4.74 Å². The third kappa shape index (κ3) is 9.49. The lowest BCUT2D eigenvalue weighted by Gasteiger charge is -2.00. The topological polar surface area (TPSA) is 9.23 Å². The minimum absolute atomic E-state index is 0.921. The lowest BCUT2D eigenvalue weighted by molar-refractivity contribution is 0.192. The lowest BCUT2D eigenvalue weighted by atomic mass is 10.1. The maximum absolute atomic E-state index is 5.04. The maximum Gasteiger partial charge on any atom is 0.0462 e. The average Bonchev–Trinajstić information content (AvgIpc) is 2.46. The maximum atomic E-state index is 5.04. The molecule has 0 unspecified atom stereocenters. The molecule has 1 nitrogen and oxygen atoms in total. The van der Waals surface area contributed by atoms with E-state index in [1.165, 1.54) is 56.9 Å². The van der Waals surface area contributed by atoms with E-state index in [1.54, 1.807) is 7.11 Å². The summed E-state index contributed by atoms with van der Waals surface area (Å²) in [7, 11) is 1.78. The first-order chi connectivity index (χ1) is 9.43. The summed E-state index contributed by atoms with van der Waals surface area (Å²) in [5.74, 6) is 0. The first-order valence-electron chi connectivity index (χ1n) is 7.64. The van der Waals surface area contributed by atoms with Crippen LogP contribution in [0.25, 0.3) is 6.08 Å². The summed E-state index contributed by atoms with van der Waals surface area (Å²) in [4.78, 5) is 0. The second-order valence-corrected chi connectivity index (χ2v) is 5.07. The van der Waals surface area contributed by atoms with E-state index in [4.69, 9.17) is 4.74 Å². The van der Waals surface area contributed by atoms with Gasteiger partial charge in [-0.15, -0.1) is 0 Å². The van der Waals surface area contributed by atoms with Gasteiger partial charge in [-0.05, 0) is 24.8 Å². The molecule has 0 aliphatic carbocycles. The van der Waals surface area contributed by atoms with Crippen LogP contribution in [0.3, 0.4) is 0 Å². The molecule has 0 aliphatic heterocycles. The van der Waals surface area contributed by atoms with Crippen LogP contribution >= 0.6 is 0 Å². The van der Waals surface area contributed by atoms with Crippen LogP contribution in [0.5, 0.6) is 0 Å². The Morgan fingerprint density at radius 2 is 1.47 bits per heavy atom. The molecule has 1 rings (SSSR count). The van der Waals surface area contributed by atoms with Gasteiger partial charge in [-0.3, -0.25) is 0 Å². The third-order valence-corrected chi connectivity index (χ3v) is 3.33. The average molecular weight is 260 g/mol. The van der Waals surface area contributed by atoms with Gasteiger partial charge in [0.15, 0.2) is 0 Å². The Bertz CT molecular complexity index is 316. The Labute approximate surface area is 118 Å². The van der Waals surface area contributed by atoms with Crippen LogP contribution in [-0.4, -0.2) is 13.7 Å². The van der Waals surface area contributed by atoms with E-state index in [0.29, 0.717) is 0 Å². The Hall–Kier alpha value is -1.08. The van der Waals surface area contributed by atoms with Crippen molar-refractivity contribution in [3.63, 3.8) is 0 Å². The van der Waals surface area contributed by atoms with E-state index in [2.05, 4.69) is 42.5 Å². The van der Waals surface area contributed by atoms with Crippen molar-refractivity contribution in [3.8, 4) is 0 Å². The van der Waals surface area contributed by atoms with E-state index in [1.807, 2.05) is 0 Å². The molecule has 0 saturated carbocycles. The summed E-state index contributed by atoms with van der Waals surface area (Å²) in [5, 5.41) is 0. The fraction of sp³-hybridized carbons (Fsp3) is 0.556. The van der Waals surface area contributed by atoms with Gasteiger partial charge < -0.3 is 4.74 Å². The standard InChI is InChI=1S/C18H28O/c1-19-17-13-8-6-4-2-3-5-7-10-14-18-15-11-9-12-16-18/h9-12,14-16H,2-8,13,17H2,1H3. The molecule has 1 aromatic rings. The predicted octanol–water partition coefficient (Wildman–Crippen LogP) is 5.47. The van der Waals surface area contributed by atoms with Crippen molar-refractivity contribution in [1.29, 1.82) is 0 Å². The van der Waals surface area contributed by atoms with Crippen LogP contribution in [0.15, 0.2) is 36.4 Å². The molecule has 0 aliphatic rings. The molecule has 1 heteroatoms. The highest BCUT2D eigenvalue weighted by molar-refractivity contribution is 5.48. The highest BCUT2D eigenvalue weighted by atomic mass is 16.5. The van der Waals surface area contributed by atoms with E-state index in [0.717, 1.165) is 6.61 Å². The quantitative estimate of drug-likeness (QED) is 0.480. The van der Waals surface area contributed by atoms with Crippen molar-refractivity contribution in [2.45, 2.75) is 51.4 Å². The molecule has 106 valence electrons. The molecule has 0 N–H and O–H groups in total. The van der Waals surface area contributed by atoms with Gasteiger partial charge in [-0.25, -0.2) is 0 Å². The number of hydrogen-bond acceptors (Lipinski definition) is 1. The molecule has 0 aromatic heterocycles. The molecule has 19 heavy (non-hydrogen) atoms. The summed E-state index contributed by atoms with van der Waals surface area (Å²) in [6, 6.07) is 10.5. The van der Waals surface area contributed by atoms with E-state index in [9.17, 15) is 0 Å². The Morgan fingerprint density at radius 3 is 2.16 bits per heavy atom. The van der Waals surface area contributed by atoms with Crippen molar-refractivity contribution >= 4 is 6.08 Å². The summed E-state index contributed by atoms with van der Waals surface area (Å²) < 4.78 is 5.04. The molecular formula is C18H28O. The first-order valence-corrected chi connectivity index (χ1v) is 7.64. The van der Waals surface area contributed by atoms with Crippen LogP contribution < -0.4 is 0 Å². The fourth-order valence-corrected chi connectivity index (χ4v) is 2.18. The van der Waals surface area contributed by atoms with Crippen LogP contribution in [0, 0.1) is 0 Å². The minimum Gasteiger partial charge on any atom is -0.385 e. The summed E-state index contributed by atoms with van der Waals surface area (Å²) in [5.41, 5.74) is 1.31. The van der Waals surface area contributed by atoms with Gasteiger partial charge in [0.25, 0.3) is 0 Å². The van der Waals surface area contributed by atoms with Gasteiger partial charge in [0, 0.05) is 13.7 Å². The summed E-state index contributed by atoms with van der Waals surface area (Å²) in [6.45, 7) is 0.921. The number of hydrogen-bond donors (Lipinski definition) is 0. The number of allylic oxidation sites excluding steroid dienone is 1. The van der Waals surface area contributed by atoms with Crippen LogP contribution in [0.2, 0.25) is 0 Å². The smallest absolute Gasteiger partial charge is 0.0462 e. The second kappa shape index (κ2) is 12.0. The van der Waals surface area contributed by atoms with Crippen molar-refractivity contribution in [2.24, 2.45) is 0 Å². The molecule has 0 heterocycles. The molecular weight excluding hydrogens is 232 g/mol. The van der Waals surface area contributed by atoms with Gasteiger partial charge >= 0.3 is 0 Å². The van der Waals surface area contributed by atoms with Gasteiger partial charge in [-0.2, -0.15) is 0 Å². The molecule has 0 spiro atoms. The minimum atomic E-state index is 0.921. The van der Waals surface area contributed by atoms with Crippen molar-refractivity contribution in [1.82, 2.24) is 0 Å². The number of unbranched alkanes of at least 4 members (excludes halogenated alkanes) is 7. The first kappa shape index (κ1) is 16.0. The molecule has 0 fully saturated rings. The molecule has 0 saturated heterocycles. The lowest BCUT2D eigenvalue weighted by Crippen LogP contribution is -1.88. The van der Waals surface area contributed by atoms with E-state index >= 15 is 0 Å².